The van der Waals surface area contributed by atoms with Gasteiger partial charge in [-0.3, -0.25) is 24.9 Å². The molecule has 16 heteroatoms. The molecule has 9 aromatic heterocycles. The largest absolute Gasteiger partial charge is 0.569 e. The zero-order valence-corrected chi connectivity index (χ0v) is 52.1. The van der Waals surface area contributed by atoms with Gasteiger partial charge in [-0.1, -0.05) is 198 Å². The molecule has 0 saturated heterocycles. The second-order valence-corrected chi connectivity index (χ2v) is 23.0. The maximum Gasteiger partial charge on any atom is 0.569 e. The summed E-state index contributed by atoms with van der Waals surface area (Å²) < 4.78 is 4.89. The number of pyridine rings is 9. The first-order valence-corrected chi connectivity index (χ1v) is 30.9. The van der Waals surface area contributed by atoms with Crippen molar-refractivity contribution in [2.75, 3.05) is 0 Å². The Balaban J connectivity index is 0.000000174. The predicted octanol–water partition coefficient (Wildman–Crippen LogP) is 20.2. The summed E-state index contributed by atoms with van der Waals surface area (Å²) in [6.07, 6.45) is 9.05. The summed E-state index contributed by atoms with van der Waals surface area (Å²) in [6, 6.07) is 83.0. The monoisotopic (exact) mass is 1280 g/mol. The lowest BCUT2D eigenvalue weighted by atomic mass is 9.94. The topological polar surface area (TPSA) is 145 Å². The van der Waals surface area contributed by atoms with Crippen LogP contribution in [0.1, 0.15) is 0 Å². The van der Waals surface area contributed by atoms with E-state index in [2.05, 4.69) is 161 Å². The molecule has 0 bridgehead atoms. The molecule has 0 aliphatic heterocycles. The first-order chi connectivity index (χ1) is 45.7. The minimum absolute atomic E-state index is 0.350. The van der Waals surface area contributed by atoms with Crippen molar-refractivity contribution in [2.45, 2.75) is 0 Å². The van der Waals surface area contributed by atoms with Crippen LogP contribution in [0.4, 0.5) is 0 Å². The number of fused-ring (bicyclic) bond motifs is 5. The number of para-hydroxylation sites is 5. The average Bonchev–Trinajstić information content (AvgIpc) is 0.996. The molecule has 1 radical (unpaired) electrons. The normalized spacial score (nSPS) is 11.1. The van der Waals surface area contributed by atoms with Crippen LogP contribution in [0.15, 0.2) is 280 Å². The van der Waals surface area contributed by atoms with Crippen LogP contribution in [-0.2, 0) is 0 Å². The van der Waals surface area contributed by atoms with Gasteiger partial charge >= 0.3 is 7.69 Å². The first kappa shape index (κ1) is 59.8. The Morgan fingerprint density at radius 2 is 0.516 bits per heavy atom. The predicted molar refractivity (Wildman–Crippen MR) is 379 cm³/mol. The van der Waals surface area contributed by atoms with Gasteiger partial charge in [-0.25, -0.2) is 19.9 Å². The molecule has 0 saturated carbocycles. The molecule has 93 heavy (non-hydrogen) atoms. The second-order valence-electron chi connectivity index (χ2n) is 21.5. The van der Waals surface area contributed by atoms with Crippen molar-refractivity contribution in [1.82, 2.24) is 44.9 Å². The summed E-state index contributed by atoms with van der Waals surface area (Å²) in [7, 11) is 0.656. The van der Waals surface area contributed by atoms with E-state index in [1.807, 2.05) is 97.6 Å². The van der Waals surface area contributed by atoms with Crippen molar-refractivity contribution in [1.29, 1.82) is 0 Å². The van der Waals surface area contributed by atoms with Crippen molar-refractivity contribution >= 4 is 109 Å². The molecule has 0 aliphatic rings. The van der Waals surface area contributed by atoms with Gasteiger partial charge < -0.3 is 9.68 Å². The third-order valence-corrected chi connectivity index (χ3v) is 16.4. The van der Waals surface area contributed by atoms with Gasteiger partial charge in [0.1, 0.15) is 31.9 Å². The Hall–Kier alpha value is -10.8. The van der Waals surface area contributed by atoms with E-state index in [4.69, 9.17) is 86.0 Å². The van der Waals surface area contributed by atoms with Crippen molar-refractivity contribution in [3.63, 3.8) is 0 Å². The Morgan fingerprint density at radius 3 is 0.828 bits per heavy atom. The van der Waals surface area contributed by atoms with Gasteiger partial charge in [0.25, 0.3) is 0 Å². The van der Waals surface area contributed by atoms with E-state index in [-0.39, 0.29) is 0 Å². The third kappa shape index (κ3) is 13.1. The van der Waals surface area contributed by atoms with E-state index in [9.17, 15) is 0 Å². The molecule has 0 amide bonds. The van der Waals surface area contributed by atoms with Gasteiger partial charge in [0.15, 0.2) is 0 Å². The summed E-state index contributed by atoms with van der Waals surface area (Å²) >= 11 is 23.8. The fraction of sp³-hybridized carbons (Fsp3) is 0. The van der Waals surface area contributed by atoms with Gasteiger partial charge in [0, 0.05) is 80.2 Å². The van der Waals surface area contributed by atoms with Crippen LogP contribution in [0.3, 0.4) is 0 Å². The molecule has 0 unspecified atom stereocenters. The highest BCUT2D eigenvalue weighted by molar-refractivity contribution is 6.33. The van der Waals surface area contributed by atoms with E-state index in [0.717, 1.165) is 144 Å². The van der Waals surface area contributed by atoms with Gasteiger partial charge in [-0.05, 0) is 142 Å². The third-order valence-electron chi connectivity index (χ3n) is 15.6. The lowest BCUT2D eigenvalue weighted by Gasteiger charge is -2.15. The summed E-state index contributed by atoms with van der Waals surface area (Å²) in [4.78, 5) is 41.9. The summed E-state index contributed by atoms with van der Waals surface area (Å²) in [5.41, 5.74) is 19.5. The van der Waals surface area contributed by atoms with Crippen LogP contribution in [0.25, 0.3) is 144 Å². The van der Waals surface area contributed by atoms with E-state index >= 15 is 0 Å². The van der Waals surface area contributed by atoms with Crippen molar-refractivity contribution < 1.29 is 9.68 Å². The molecular weight excluding hydrogens is 1240 g/mol. The van der Waals surface area contributed by atoms with E-state index in [1.54, 1.807) is 36.5 Å². The summed E-state index contributed by atoms with van der Waals surface area (Å²) in [5, 5.41) is 15.1. The second kappa shape index (κ2) is 26.9. The molecule has 0 spiro atoms. The van der Waals surface area contributed by atoms with Gasteiger partial charge in [-0.2, -0.15) is 0 Å². The number of benzene rings is 7. The minimum atomic E-state index is 0.350. The molecular formula is C77H47BCl4N9O2. The number of aromatic nitrogens is 9. The highest BCUT2D eigenvalue weighted by Gasteiger charge is 2.18. The number of nitrogens with zero attached hydrogens (tertiary/aromatic N) is 9. The molecule has 0 fully saturated rings. The lowest BCUT2D eigenvalue weighted by molar-refractivity contribution is 0.456. The molecule has 11 nitrogen and oxygen atoms in total. The number of hydrogen-bond acceptors (Lipinski definition) is 11. The highest BCUT2D eigenvalue weighted by atomic mass is 35.5. The van der Waals surface area contributed by atoms with Crippen molar-refractivity contribution in [2.24, 2.45) is 0 Å². The fourth-order valence-corrected chi connectivity index (χ4v) is 12.4. The van der Waals surface area contributed by atoms with Crippen LogP contribution in [0, 0.1) is 0 Å². The standard InChI is InChI=1S/C52H32N6.C16H8Cl4N2.C9H7BNO2/c1-14-37(39-29-45(41-20-2-10-33-16-6-24-53-49(33)41)57-46(30-39)42-21-3-11-34-17-7-25-54-50(34)42)28-38(15-1)40-31-47(43-22-4-12-35-18-8-26-55-51(35)43)58-48(32-40)44-23-5-13-36-19-9-27-56-52(36)44;17-13-5-11(6-14(18)21-13)9-2-1-3-10(4-9)12-7-15(19)22-16(20)8-12;12-10-13-8-5-1-3-7-4-2-6-11-9(7)8/h1-32H;1-8H;1-6,12H. The van der Waals surface area contributed by atoms with Crippen LogP contribution in [0.5, 0.6) is 5.75 Å². The van der Waals surface area contributed by atoms with Crippen LogP contribution in [-0.4, -0.2) is 57.6 Å². The molecule has 1 N–H and O–H groups in total. The first-order valence-electron chi connectivity index (χ1n) is 29.4. The summed E-state index contributed by atoms with van der Waals surface area (Å²) in [6.45, 7) is 0. The maximum atomic E-state index is 8.50. The van der Waals surface area contributed by atoms with Gasteiger partial charge in [0.2, 0.25) is 0 Å². The van der Waals surface area contributed by atoms with E-state index in [0.29, 0.717) is 34.0 Å². The molecule has 9 heterocycles. The Labute approximate surface area is 555 Å². The van der Waals surface area contributed by atoms with Crippen LogP contribution < -0.4 is 4.65 Å². The smallest absolute Gasteiger partial charge is 0.536 e. The Morgan fingerprint density at radius 1 is 0.258 bits per heavy atom. The average molecular weight is 1280 g/mol. The maximum absolute atomic E-state index is 8.50. The van der Waals surface area contributed by atoms with Crippen molar-refractivity contribution in [3.05, 3.63) is 300 Å². The molecule has 443 valence electrons. The van der Waals surface area contributed by atoms with E-state index in [1.165, 1.54) is 0 Å². The molecule has 16 aromatic rings. The summed E-state index contributed by atoms with van der Waals surface area (Å²) in [5.74, 6) is 0.556. The number of hydrogen-bond donors (Lipinski definition) is 1. The zero-order valence-electron chi connectivity index (χ0n) is 49.0. The fourth-order valence-electron chi connectivity index (χ4n) is 11.4. The van der Waals surface area contributed by atoms with Crippen LogP contribution in [0.2, 0.25) is 20.6 Å². The molecule has 0 atom stereocenters. The Kier molecular flexibility index (Phi) is 17.3. The molecule has 7 aromatic carbocycles. The zero-order chi connectivity index (χ0) is 63.2. The number of rotatable bonds is 10. The van der Waals surface area contributed by atoms with Gasteiger partial charge in [-0.15, -0.1) is 0 Å². The lowest BCUT2D eigenvalue weighted by Crippen LogP contribution is -2.00. The quantitative estimate of drug-likeness (QED) is 0.103. The number of halogens is 4. The highest BCUT2D eigenvalue weighted by Crippen LogP contribution is 2.40. The van der Waals surface area contributed by atoms with E-state index < -0.39 is 0 Å². The minimum Gasteiger partial charge on any atom is -0.536 e. The van der Waals surface area contributed by atoms with Crippen LogP contribution >= 0.6 is 46.4 Å². The van der Waals surface area contributed by atoms with Gasteiger partial charge in [0.05, 0.1) is 44.8 Å². The SMILES string of the molecule is Clc1cc(-c2cccc(-c3cc(Cl)nc(Cl)c3)c2)cc(Cl)n1.O[B]Oc1cccc2cccnc12.c1cc(-c2cc(-c3cccc4cccnc34)nc(-c3cccc4cccnc34)c2)cc(-c2cc(-c3cccc4cccnc34)nc(-c3cccc4cccnc34)c2)c1. The Bertz CT molecular complexity index is 4940. The van der Waals surface area contributed by atoms with Crippen molar-refractivity contribution in [3.8, 4) is 95.3 Å². The molecule has 0 aliphatic carbocycles. The molecule has 16 rings (SSSR count).